The number of halogens is 4. The van der Waals surface area contributed by atoms with Crippen molar-refractivity contribution in [1.29, 1.82) is 0 Å². The second-order valence-corrected chi connectivity index (χ2v) is 24.8. The van der Waals surface area contributed by atoms with Gasteiger partial charge in [0.15, 0.2) is 9.84 Å². The first-order chi connectivity index (χ1) is 29.0. The summed E-state index contributed by atoms with van der Waals surface area (Å²) >= 11 is 0. The smallest absolute Gasteiger partial charge is 0.405 e. The molecule has 1 aromatic carbocycles. The SMILES string of the molecule is C=C(C)[C@@H]1CC[C@]2(NC(CN3CCS(=O)(=O)CC3)C(F)(F)F)CC[C@]3(C)[C@H](CC[C@@H]4[C@@]5(C)CC=C(C6=CC[C@](CF)(C(=O)OCc7ccccc7)CC6)C(C)(C)[C@@H]5CC[C@]43C)[C@@H]12. The van der Waals surface area contributed by atoms with Crippen LogP contribution in [0.2, 0.25) is 0 Å². The van der Waals surface area contributed by atoms with Crippen molar-refractivity contribution in [2.45, 2.75) is 143 Å². The number of esters is 1. The predicted molar refractivity (Wildman–Crippen MR) is 237 cm³/mol. The maximum absolute atomic E-state index is 15.1. The van der Waals surface area contributed by atoms with Crippen molar-refractivity contribution in [3.63, 3.8) is 0 Å². The Kier molecular flexibility index (Phi) is 12.0. The van der Waals surface area contributed by atoms with Crippen molar-refractivity contribution >= 4 is 15.8 Å². The van der Waals surface area contributed by atoms with Gasteiger partial charge in [0.1, 0.15) is 19.3 Å². The fraction of sp³-hybridized carbons (Fsp3) is 0.745. The second kappa shape index (κ2) is 16.1. The zero-order valence-electron chi connectivity index (χ0n) is 38.1. The molecule has 6 nitrogen and oxygen atoms in total. The van der Waals surface area contributed by atoms with Crippen molar-refractivity contribution in [3.05, 3.63) is 71.3 Å². The highest BCUT2D eigenvalue weighted by Gasteiger charge is 2.71. The summed E-state index contributed by atoms with van der Waals surface area (Å²) in [6.45, 7) is 18.4. The van der Waals surface area contributed by atoms with E-state index in [0.717, 1.165) is 56.1 Å². The van der Waals surface area contributed by atoms with Crippen LogP contribution in [0.3, 0.4) is 0 Å². The van der Waals surface area contributed by atoms with Gasteiger partial charge in [-0.1, -0.05) is 89.3 Å². The van der Waals surface area contributed by atoms with Crippen LogP contribution < -0.4 is 5.32 Å². The average molecular weight is 885 g/mol. The van der Waals surface area contributed by atoms with Crippen LogP contribution in [0.5, 0.6) is 0 Å². The van der Waals surface area contributed by atoms with E-state index in [2.05, 4.69) is 65.6 Å². The topological polar surface area (TPSA) is 75.7 Å². The van der Waals surface area contributed by atoms with Gasteiger partial charge >= 0.3 is 12.1 Å². The molecule has 6 aliphatic carbocycles. The van der Waals surface area contributed by atoms with Crippen molar-refractivity contribution in [1.82, 2.24) is 10.2 Å². The van der Waals surface area contributed by atoms with Gasteiger partial charge in [-0.3, -0.25) is 15.0 Å². The Bertz CT molecular complexity index is 2050. The molecule has 0 spiro atoms. The molecule has 0 bridgehead atoms. The van der Waals surface area contributed by atoms with Crippen LogP contribution in [-0.4, -0.2) is 74.9 Å². The van der Waals surface area contributed by atoms with Gasteiger partial charge in [0.05, 0.1) is 16.9 Å². The van der Waals surface area contributed by atoms with Crippen LogP contribution in [0.15, 0.2) is 65.8 Å². The molecule has 5 fully saturated rings. The Morgan fingerprint density at radius 2 is 1.61 bits per heavy atom. The van der Waals surface area contributed by atoms with Crippen LogP contribution in [0.4, 0.5) is 17.6 Å². The summed E-state index contributed by atoms with van der Waals surface area (Å²) in [6.07, 6.45) is 9.80. The quantitative estimate of drug-likeness (QED) is 0.143. The Hall–Kier alpha value is -2.50. The molecule has 1 aromatic rings. The lowest BCUT2D eigenvalue weighted by molar-refractivity contribution is -0.225. The molecule has 0 amide bonds. The number of hydrogen-bond acceptors (Lipinski definition) is 6. The van der Waals surface area contributed by atoms with Crippen LogP contribution in [0.1, 0.15) is 124 Å². The molecule has 11 atom stereocenters. The predicted octanol–water partition coefficient (Wildman–Crippen LogP) is 11.0. The van der Waals surface area contributed by atoms with Crippen molar-refractivity contribution in [3.8, 4) is 0 Å². The third-order valence-corrected chi connectivity index (χ3v) is 20.8. The number of fused-ring (bicyclic) bond motifs is 7. The molecule has 0 aromatic heterocycles. The number of alkyl halides is 4. The number of carbonyl (C=O) groups is 1. The van der Waals surface area contributed by atoms with Gasteiger partial charge in [0.2, 0.25) is 0 Å². The minimum absolute atomic E-state index is 0.00460. The second-order valence-electron chi connectivity index (χ2n) is 22.5. The van der Waals surface area contributed by atoms with Gasteiger partial charge in [0, 0.05) is 25.2 Å². The van der Waals surface area contributed by atoms with Crippen molar-refractivity contribution in [2.75, 3.05) is 37.8 Å². The Balaban J connectivity index is 1.03. The average Bonchev–Trinajstić information content (AvgIpc) is 3.60. The number of sulfone groups is 1. The van der Waals surface area contributed by atoms with E-state index in [1.54, 1.807) is 4.90 Å². The highest BCUT2D eigenvalue weighted by Crippen LogP contribution is 2.76. The molecular weight excluding hydrogens is 813 g/mol. The van der Waals surface area contributed by atoms with Crippen LogP contribution in [-0.2, 0) is 26.0 Å². The molecule has 4 saturated carbocycles. The third kappa shape index (κ3) is 7.59. The molecule has 1 heterocycles. The van der Waals surface area contributed by atoms with Crippen LogP contribution in [0.25, 0.3) is 0 Å². The van der Waals surface area contributed by atoms with E-state index >= 15 is 13.2 Å². The molecule has 62 heavy (non-hydrogen) atoms. The minimum atomic E-state index is -4.47. The summed E-state index contributed by atoms with van der Waals surface area (Å²) in [5, 5.41) is 3.37. The summed E-state index contributed by atoms with van der Waals surface area (Å²) in [5.74, 6) is 0.691. The molecular formula is C51H72F4N2O4S. The van der Waals surface area contributed by atoms with Gasteiger partial charge in [-0.15, -0.1) is 0 Å². The van der Waals surface area contributed by atoms with E-state index in [-0.39, 0.29) is 77.2 Å². The van der Waals surface area contributed by atoms with Crippen molar-refractivity contribution < 1.29 is 35.5 Å². The summed E-state index contributed by atoms with van der Waals surface area (Å²) in [6, 6.07) is 7.79. The first-order valence-corrected chi connectivity index (χ1v) is 25.5. The van der Waals surface area contributed by atoms with Gasteiger partial charge in [-0.25, -0.2) is 12.8 Å². The number of benzene rings is 1. The number of hydrogen-bond donors (Lipinski definition) is 1. The van der Waals surface area contributed by atoms with Crippen LogP contribution in [0, 0.1) is 56.7 Å². The highest BCUT2D eigenvalue weighted by molar-refractivity contribution is 7.91. The molecule has 1 saturated heterocycles. The van der Waals surface area contributed by atoms with Gasteiger partial charge in [-0.2, -0.15) is 13.2 Å². The molecule has 1 aliphatic heterocycles. The summed E-state index contributed by atoms with van der Waals surface area (Å²) in [5.41, 5.74) is 2.59. The number of carbonyl (C=O) groups excluding carboxylic acids is 1. The zero-order valence-corrected chi connectivity index (χ0v) is 39.0. The van der Waals surface area contributed by atoms with Crippen molar-refractivity contribution in [2.24, 2.45) is 56.7 Å². The molecule has 1 unspecified atom stereocenters. The van der Waals surface area contributed by atoms with Gasteiger partial charge in [-0.05, 0) is 152 Å². The zero-order chi connectivity index (χ0) is 44.7. The molecule has 1 N–H and O–H groups in total. The summed E-state index contributed by atoms with van der Waals surface area (Å²) < 4.78 is 90.0. The molecule has 344 valence electrons. The highest BCUT2D eigenvalue weighted by atomic mass is 32.2. The molecule has 11 heteroatoms. The number of nitrogens with zero attached hydrogens (tertiary/aromatic N) is 1. The number of nitrogens with one attached hydrogen (secondary N) is 1. The van der Waals surface area contributed by atoms with Gasteiger partial charge < -0.3 is 4.74 Å². The Labute approximate surface area is 369 Å². The molecule has 8 rings (SSSR count). The van der Waals surface area contributed by atoms with E-state index < -0.39 is 45.7 Å². The van der Waals surface area contributed by atoms with Crippen LogP contribution >= 0.6 is 0 Å². The lowest BCUT2D eigenvalue weighted by Gasteiger charge is -2.72. The maximum atomic E-state index is 15.1. The van der Waals surface area contributed by atoms with E-state index in [1.807, 2.05) is 30.3 Å². The summed E-state index contributed by atoms with van der Waals surface area (Å²) in [7, 11) is -3.21. The fourth-order valence-corrected chi connectivity index (χ4v) is 17.0. The van der Waals surface area contributed by atoms with E-state index in [1.165, 1.54) is 11.1 Å². The Morgan fingerprint density at radius 1 is 0.903 bits per heavy atom. The normalized spacial score (nSPS) is 40.7. The summed E-state index contributed by atoms with van der Waals surface area (Å²) in [4.78, 5) is 15.1. The fourth-order valence-electron chi connectivity index (χ4n) is 15.7. The number of ether oxygens (including phenoxy) is 1. The first kappa shape index (κ1) is 46.0. The largest absolute Gasteiger partial charge is 0.460 e. The van der Waals surface area contributed by atoms with E-state index in [9.17, 15) is 17.6 Å². The third-order valence-electron chi connectivity index (χ3n) is 19.2. The lowest BCUT2D eigenvalue weighted by Crippen LogP contribution is -2.70. The molecule has 0 radical (unpaired) electrons. The lowest BCUT2D eigenvalue weighted by atomic mass is 9.33. The van der Waals surface area contributed by atoms with E-state index in [4.69, 9.17) is 4.74 Å². The maximum Gasteiger partial charge on any atom is 0.405 e. The van der Waals surface area contributed by atoms with Gasteiger partial charge in [0.25, 0.3) is 0 Å². The number of allylic oxidation sites excluding steroid dienone is 5. The first-order valence-electron chi connectivity index (χ1n) is 23.6. The molecule has 7 aliphatic rings. The van der Waals surface area contributed by atoms with E-state index in [0.29, 0.717) is 43.9 Å². The standard InChI is InChI=1S/C51H72F4N2O4S/c1-34(2)37-17-24-50(56-42(51(53,54)55)31-57-27-29-62(59,60)30-28-57)26-25-47(6)39(43(37)50)13-14-41-46(5)20-18-38(45(3,4)40(46)19-21-48(41,47)7)36-15-22-49(33-52,23-16-36)44(58)61-32-35-11-9-8-10-12-35/h8-12,15,18,37,39-43,56H,1,13-14,16-17,19-33H2,2-7H3/t37-,39+,40-,41+,42?,43+,46-,47+,48+,49-,50-/m0/s1. The number of rotatable bonds is 10. The Morgan fingerprint density at radius 3 is 2.24 bits per heavy atom. The minimum Gasteiger partial charge on any atom is -0.460 e. The monoisotopic (exact) mass is 885 g/mol.